The Morgan fingerprint density at radius 2 is 1.43 bits per heavy atom. The van der Waals surface area contributed by atoms with E-state index in [9.17, 15) is 19.2 Å². The van der Waals surface area contributed by atoms with Crippen molar-refractivity contribution < 1.29 is 28.7 Å². The predicted molar refractivity (Wildman–Crippen MR) is 161 cm³/mol. The molecule has 2 N–H and O–H groups in total. The Labute approximate surface area is 249 Å². The van der Waals surface area contributed by atoms with Gasteiger partial charge in [-0.2, -0.15) is 0 Å². The molecule has 2 rings (SSSR count). The van der Waals surface area contributed by atoms with E-state index in [0.717, 1.165) is 22.4 Å². The lowest BCUT2D eigenvalue weighted by Gasteiger charge is -2.31. The van der Waals surface area contributed by atoms with E-state index in [2.05, 4.69) is 16.7 Å². The average molecular weight is 578 g/mol. The number of amides is 3. The largest absolute Gasteiger partial charge is 0.458 e. The highest BCUT2D eigenvalue weighted by molar-refractivity contribution is 5.94. The number of rotatable bonds is 10. The number of alkyl carbamates (subject to hydrolysis) is 1. The number of ether oxygens (including phenoxy) is 2. The molecule has 42 heavy (non-hydrogen) atoms. The molecule has 0 aliphatic heterocycles. The number of aryl methyl sites for hydroxylation is 1. The van der Waals surface area contributed by atoms with Crippen LogP contribution in [0.1, 0.15) is 78.1 Å². The van der Waals surface area contributed by atoms with E-state index in [1.54, 1.807) is 53.7 Å². The lowest BCUT2D eigenvalue weighted by molar-refractivity contribution is -0.159. The normalized spacial score (nSPS) is 13.5. The molecular formula is C33H43N3O6. The number of carbonyl (C=O) groups excluding carboxylic acids is 4. The van der Waals surface area contributed by atoms with Crippen LogP contribution in [0.2, 0.25) is 0 Å². The van der Waals surface area contributed by atoms with Gasteiger partial charge in [-0.1, -0.05) is 67.9 Å². The van der Waals surface area contributed by atoms with Crippen LogP contribution in [0.5, 0.6) is 0 Å². The van der Waals surface area contributed by atoms with E-state index < -0.39 is 53.2 Å². The highest BCUT2D eigenvalue weighted by atomic mass is 16.6. The van der Waals surface area contributed by atoms with Gasteiger partial charge in [0.15, 0.2) is 0 Å². The van der Waals surface area contributed by atoms with Crippen LogP contribution in [-0.2, 0) is 36.7 Å². The van der Waals surface area contributed by atoms with E-state index >= 15 is 0 Å². The van der Waals surface area contributed by atoms with Crippen molar-refractivity contribution in [2.75, 3.05) is 0 Å². The summed E-state index contributed by atoms with van der Waals surface area (Å²) in [5.74, 6) is -2.01. The van der Waals surface area contributed by atoms with Crippen LogP contribution in [-0.4, -0.2) is 52.1 Å². The second-order valence-corrected chi connectivity index (χ2v) is 12.0. The first-order chi connectivity index (χ1) is 19.5. The topological polar surface area (TPSA) is 114 Å². The smallest absolute Gasteiger partial charge is 0.408 e. The quantitative estimate of drug-likeness (QED) is 0.241. The third-order valence-corrected chi connectivity index (χ3v) is 5.98. The molecule has 9 nitrogen and oxygen atoms in total. The molecule has 0 heterocycles. The van der Waals surface area contributed by atoms with Gasteiger partial charge >= 0.3 is 12.1 Å². The van der Waals surface area contributed by atoms with Crippen LogP contribution >= 0.6 is 0 Å². The van der Waals surface area contributed by atoms with Crippen molar-refractivity contribution >= 4 is 23.9 Å². The Bertz CT molecular complexity index is 1270. The zero-order chi connectivity index (χ0) is 31.7. The minimum atomic E-state index is -1.31. The van der Waals surface area contributed by atoms with Crippen LogP contribution in [0, 0.1) is 12.5 Å². The van der Waals surface area contributed by atoms with Gasteiger partial charge in [-0.25, -0.2) is 9.59 Å². The van der Waals surface area contributed by atoms with E-state index in [-0.39, 0.29) is 6.42 Å². The van der Waals surface area contributed by atoms with Crippen LogP contribution < -0.4 is 10.6 Å². The summed E-state index contributed by atoms with van der Waals surface area (Å²) in [6, 6.07) is 15.1. The number of nitrogens with one attached hydrogen (secondary N) is 2. The second-order valence-electron chi connectivity index (χ2n) is 12.0. The Balaban J connectivity index is 2.46. The summed E-state index contributed by atoms with van der Waals surface area (Å²) < 4.78 is 10.9. The first-order valence-electron chi connectivity index (χ1n) is 14.0. The maximum atomic E-state index is 14.0. The summed E-state index contributed by atoms with van der Waals surface area (Å²) in [6.45, 7) is 13.8. The molecule has 0 bridgehead atoms. The molecule has 0 saturated carbocycles. The van der Waals surface area contributed by atoms with Gasteiger partial charge in [0.05, 0.1) is 0 Å². The van der Waals surface area contributed by atoms with Gasteiger partial charge in [-0.05, 0) is 71.6 Å². The van der Waals surface area contributed by atoms with Crippen molar-refractivity contribution in [1.82, 2.24) is 15.5 Å². The number of benzene rings is 2. The lowest BCUT2D eigenvalue weighted by atomic mass is 9.99. The van der Waals surface area contributed by atoms with E-state index in [1.165, 1.54) is 6.92 Å². The standard InChI is InChI=1S/C33H43N3O6/c1-10-23-17-19-25(20-18-23)27(36(11-2)29(38)22(3)34-31(40)42-33(7,8)9)28(37)35-26(30(39)41-32(4,5)6)21-24-15-13-12-14-16-24/h2,12-20,22,26-27H,10,21H2,1,3-9H3,(H,34,40)(H,35,37). The minimum absolute atomic E-state index is 0.156. The average Bonchev–Trinajstić information content (AvgIpc) is 2.89. The molecule has 0 radical (unpaired) electrons. The van der Waals surface area contributed by atoms with Crippen molar-refractivity contribution in [1.29, 1.82) is 0 Å². The first-order valence-corrected chi connectivity index (χ1v) is 14.0. The molecule has 2 aromatic carbocycles. The van der Waals surface area contributed by atoms with Crippen LogP contribution in [0.3, 0.4) is 0 Å². The molecule has 2 aromatic rings. The van der Waals surface area contributed by atoms with E-state index in [4.69, 9.17) is 15.9 Å². The van der Waals surface area contributed by atoms with Gasteiger partial charge in [-0.3, -0.25) is 14.5 Å². The maximum absolute atomic E-state index is 14.0. The van der Waals surface area contributed by atoms with Crippen LogP contribution in [0.4, 0.5) is 4.79 Å². The molecule has 3 atom stereocenters. The van der Waals surface area contributed by atoms with Gasteiger partial charge in [0.25, 0.3) is 5.91 Å². The summed E-state index contributed by atoms with van der Waals surface area (Å²) in [4.78, 5) is 54.1. The maximum Gasteiger partial charge on any atom is 0.408 e. The summed E-state index contributed by atoms with van der Waals surface area (Å²) in [5, 5.41) is 5.26. The van der Waals surface area contributed by atoms with Gasteiger partial charge in [-0.15, -0.1) is 0 Å². The lowest BCUT2D eigenvalue weighted by Crippen LogP contribution is -2.53. The first kappa shape index (κ1) is 33.9. The fraction of sp³-hybridized carbons (Fsp3) is 0.455. The predicted octanol–water partition coefficient (Wildman–Crippen LogP) is 4.69. The SMILES string of the molecule is C#CN(C(=O)C(C)NC(=O)OC(C)(C)C)C(C(=O)NC(Cc1ccccc1)C(=O)OC(C)(C)C)c1ccc(CC)cc1. The third kappa shape index (κ3) is 10.6. The number of nitrogens with zero attached hydrogens (tertiary/aromatic N) is 1. The molecule has 0 saturated heterocycles. The van der Waals surface area contributed by atoms with Crippen molar-refractivity contribution in [3.8, 4) is 12.5 Å². The summed E-state index contributed by atoms with van der Waals surface area (Å²) in [7, 11) is 0. The van der Waals surface area contributed by atoms with Gasteiger partial charge in [0.2, 0.25) is 5.91 Å². The zero-order valence-electron chi connectivity index (χ0n) is 25.8. The molecule has 0 fully saturated rings. The molecule has 226 valence electrons. The molecule has 3 unspecified atom stereocenters. The summed E-state index contributed by atoms with van der Waals surface area (Å²) in [6.07, 6.45) is 5.93. The molecule has 3 amide bonds. The fourth-order valence-corrected chi connectivity index (χ4v) is 4.04. The minimum Gasteiger partial charge on any atom is -0.458 e. The Morgan fingerprint density at radius 1 is 0.857 bits per heavy atom. The Morgan fingerprint density at radius 3 is 1.93 bits per heavy atom. The Hall–Kier alpha value is -4.32. The molecule has 9 heteroatoms. The third-order valence-electron chi connectivity index (χ3n) is 5.98. The molecule has 0 aromatic heterocycles. The monoisotopic (exact) mass is 577 g/mol. The van der Waals surface area contributed by atoms with Crippen LogP contribution in [0.25, 0.3) is 0 Å². The molecular weight excluding hydrogens is 534 g/mol. The number of carbonyl (C=O) groups is 4. The van der Waals surface area contributed by atoms with Gasteiger partial charge < -0.3 is 20.1 Å². The number of terminal acetylenes is 1. The molecule has 0 aliphatic carbocycles. The van der Waals surface area contributed by atoms with Crippen molar-refractivity contribution in [2.24, 2.45) is 0 Å². The van der Waals surface area contributed by atoms with E-state index in [1.807, 2.05) is 49.4 Å². The number of hydrogen-bond acceptors (Lipinski definition) is 6. The highest BCUT2D eigenvalue weighted by Gasteiger charge is 2.37. The van der Waals surface area contributed by atoms with Crippen molar-refractivity contribution in [3.05, 3.63) is 71.3 Å². The fourth-order valence-electron chi connectivity index (χ4n) is 4.04. The second kappa shape index (κ2) is 14.5. The summed E-state index contributed by atoms with van der Waals surface area (Å²) in [5.41, 5.74) is 0.681. The number of hydrogen-bond donors (Lipinski definition) is 2. The summed E-state index contributed by atoms with van der Waals surface area (Å²) >= 11 is 0. The zero-order valence-corrected chi connectivity index (χ0v) is 25.8. The Kier molecular flexibility index (Phi) is 11.7. The van der Waals surface area contributed by atoms with Crippen molar-refractivity contribution in [2.45, 2.75) is 97.6 Å². The van der Waals surface area contributed by atoms with Crippen LogP contribution in [0.15, 0.2) is 54.6 Å². The molecule has 0 aliphatic rings. The van der Waals surface area contributed by atoms with Gasteiger partial charge in [0.1, 0.15) is 29.3 Å². The van der Waals surface area contributed by atoms with Gasteiger partial charge in [0, 0.05) is 12.5 Å². The van der Waals surface area contributed by atoms with E-state index in [0.29, 0.717) is 5.56 Å². The highest BCUT2D eigenvalue weighted by Crippen LogP contribution is 2.24. The van der Waals surface area contributed by atoms with Crippen molar-refractivity contribution in [3.63, 3.8) is 0 Å². The molecule has 0 spiro atoms. The number of esters is 1.